The molecular weight excluding hydrogens is 432 g/mol. The Morgan fingerprint density at radius 3 is 2.62 bits per heavy atom. The predicted octanol–water partition coefficient (Wildman–Crippen LogP) is 4.44. The van der Waals surface area contributed by atoms with Gasteiger partial charge in [-0.25, -0.2) is 9.78 Å². The van der Waals surface area contributed by atoms with Gasteiger partial charge in [0.25, 0.3) is 0 Å². The Hall–Kier alpha value is -2.96. The molecule has 34 heavy (non-hydrogen) atoms. The van der Waals surface area contributed by atoms with E-state index in [1.54, 1.807) is 29.2 Å². The largest absolute Gasteiger partial charge is 0.462 e. The first-order chi connectivity index (χ1) is 16.1. The molecule has 2 aliphatic rings. The molecule has 0 amide bonds. The Morgan fingerprint density at radius 1 is 1.21 bits per heavy atom. The van der Waals surface area contributed by atoms with Crippen molar-refractivity contribution < 1.29 is 23.9 Å². The quantitative estimate of drug-likeness (QED) is 0.361. The van der Waals surface area contributed by atoms with E-state index in [1.807, 2.05) is 7.05 Å². The Kier molecular flexibility index (Phi) is 8.64. The smallest absolute Gasteiger partial charge is 0.331 e. The third kappa shape index (κ3) is 6.78. The fraction of sp³-hybridized carbons (Fsp3) is 0.556. The zero-order valence-corrected chi connectivity index (χ0v) is 20.8. The van der Waals surface area contributed by atoms with Gasteiger partial charge in [0.05, 0.1) is 12.0 Å². The van der Waals surface area contributed by atoms with Gasteiger partial charge in [-0.15, -0.1) is 0 Å². The van der Waals surface area contributed by atoms with Crippen molar-refractivity contribution >= 4 is 23.8 Å². The minimum Gasteiger partial charge on any atom is -0.462 e. The second-order valence-electron chi connectivity index (χ2n) is 9.83. The number of aryl methyl sites for hydroxylation is 1. The maximum Gasteiger partial charge on any atom is 0.331 e. The van der Waals surface area contributed by atoms with Crippen LogP contribution in [0.15, 0.2) is 42.4 Å². The maximum atomic E-state index is 13.0. The summed E-state index contributed by atoms with van der Waals surface area (Å²) < 4.78 is 13.1. The third-order valence-corrected chi connectivity index (χ3v) is 6.93. The lowest BCUT2D eigenvalue weighted by atomic mass is 9.64. The number of carbonyl (C=O) groups excluding carboxylic acids is 3. The lowest BCUT2D eigenvalue weighted by Crippen LogP contribution is -2.39. The number of nitrogens with zero attached hydrogens (tertiary/aromatic N) is 2. The van der Waals surface area contributed by atoms with Crippen LogP contribution < -0.4 is 0 Å². The molecule has 5 unspecified atom stereocenters. The van der Waals surface area contributed by atoms with Crippen molar-refractivity contribution in [2.45, 2.75) is 65.6 Å². The maximum absolute atomic E-state index is 13.0. The van der Waals surface area contributed by atoms with E-state index in [-0.39, 0.29) is 29.7 Å². The number of imidazole rings is 1. The molecule has 1 heterocycles. The minimum absolute atomic E-state index is 0.0622. The fourth-order valence-electron chi connectivity index (χ4n) is 5.23. The summed E-state index contributed by atoms with van der Waals surface area (Å²) in [6.45, 7) is 7.92. The average Bonchev–Trinajstić information content (AvgIpc) is 3.18. The van der Waals surface area contributed by atoms with Crippen LogP contribution in [0.1, 0.15) is 59.1 Å². The molecule has 0 fully saturated rings. The van der Waals surface area contributed by atoms with E-state index in [2.05, 4.69) is 31.8 Å². The van der Waals surface area contributed by atoms with Crippen molar-refractivity contribution in [3.8, 4) is 0 Å². The lowest BCUT2D eigenvalue weighted by Gasteiger charge is -2.42. The van der Waals surface area contributed by atoms with E-state index < -0.39 is 12.1 Å². The highest BCUT2D eigenvalue weighted by Gasteiger charge is 2.40. The van der Waals surface area contributed by atoms with Gasteiger partial charge in [-0.2, -0.15) is 0 Å². The van der Waals surface area contributed by atoms with Crippen LogP contribution in [0.25, 0.3) is 6.08 Å². The number of allylic oxidation sites excluding steroid dienone is 2. The Morgan fingerprint density at radius 2 is 1.97 bits per heavy atom. The molecule has 0 aliphatic heterocycles. The molecule has 0 spiro atoms. The second-order valence-corrected chi connectivity index (χ2v) is 9.83. The van der Waals surface area contributed by atoms with Gasteiger partial charge in [0.15, 0.2) is 11.9 Å². The third-order valence-electron chi connectivity index (χ3n) is 6.93. The highest BCUT2D eigenvalue weighted by Crippen LogP contribution is 2.44. The molecule has 0 saturated carbocycles. The van der Waals surface area contributed by atoms with E-state index >= 15 is 0 Å². The van der Waals surface area contributed by atoms with Gasteiger partial charge in [-0.05, 0) is 62.0 Å². The molecule has 0 radical (unpaired) electrons. The van der Waals surface area contributed by atoms with Crippen LogP contribution >= 0.6 is 0 Å². The predicted molar refractivity (Wildman–Crippen MR) is 129 cm³/mol. The van der Waals surface area contributed by atoms with Crippen LogP contribution in [0.3, 0.4) is 0 Å². The second kappa shape index (κ2) is 11.4. The van der Waals surface area contributed by atoms with Gasteiger partial charge in [0.1, 0.15) is 6.10 Å². The fourth-order valence-corrected chi connectivity index (χ4v) is 5.23. The zero-order chi connectivity index (χ0) is 24.8. The van der Waals surface area contributed by atoms with Gasteiger partial charge < -0.3 is 14.0 Å². The molecule has 0 bridgehead atoms. The summed E-state index contributed by atoms with van der Waals surface area (Å²) in [7, 11) is 1.85. The zero-order valence-electron chi connectivity index (χ0n) is 20.8. The first-order valence-corrected chi connectivity index (χ1v) is 12.0. The summed E-state index contributed by atoms with van der Waals surface area (Å²) in [6.07, 6.45) is 13.2. The van der Waals surface area contributed by atoms with Crippen molar-refractivity contribution in [1.82, 2.24) is 9.55 Å². The molecule has 7 heteroatoms. The van der Waals surface area contributed by atoms with E-state index in [0.717, 1.165) is 12.8 Å². The topological polar surface area (TPSA) is 87.5 Å². The van der Waals surface area contributed by atoms with Crippen LogP contribution in [0.4, 0.5) is 0 Å². The van der Waals surface area contributed by atoms with Crippen LogP contribution in [0.2, 0.25) is 0 Å². The summed E-state index contributed by atoms with van der Waals surface area (Å²) in [5.74, 6) is -0.0138. The number of fused-ring (bicyclic) bond motifs is 1. The van der Waals surface area contributed by atoms with E-state index in [9.17, 15) is 14.4 Å². The number of aromatic nitrogens is 2. The minimum atomic E-state index is -0.871. The Labute approximate surface area is 201 Å². The van der Waals surface area contributed by atoms with Gasteiger partial charge in [0.2, 0.25) is 0 Å². The van der Waals surface area contributed by atoms with E-state index in [4.69, 9.17) is 9.47 Å². The summed E-state index contributed by atoms with van der Waals surface area (Å²) >= 11 is 0. The Bertz CT molecular complexity index is 987. The summed E-state index contributed by atoms with van der Waals surface area (Å²) in [5.41, 5.74) is 1.84. The number of ketones is 1. The molecular formula is C27H36N2O5. The normalized spacial score (nSPS) is 27.9. The highest BCUT2D eigenvalue weighted by atomic mass is 16.5. The van der Waals surface area contributed by atoms with Gasteiger partial charge in [0, 0.05) is 32.7 Å². The summed E-state index contributed by atoms with van der Waals surface area (Å²) in [5, 5.41) is 0. The molecule has 184 valence electrons. The molecule has 0 saturated heterocycles. The lowest BCUT2D eigenvalue weighted by molar-refractivity contribution is -0.151. The Balaban J connectivity index is 1.86. The molecule has 0 N–H and O–H groups in total. The molecule has 0 aromatic carbocycles. The molecule has 7 nitrogen and oxygen atoms in total. The molecule has 5 atom stereocenters. The number of rotatable bonds is 5. The van der Waals surface area contributed by atoms with Gasteiger partial charge in [-0.3, -0.25) is 9.59 Å². The van der Waals surface area contributed by atoms with Crippen molar-refractivity contribution in [3.63, 3.8) is 0 Å². The summed E-state index contributed by atoms with van der Waals surface area (Å²) in [4.78, 5) is 41.5. The monoisotopic (exact) mass is 468 g/mol. The van der Waals surface area contributed by atoms with Crippen LogP contribution in [-0.4, -0.2) is 39.5 Å². The number of carbonyl (C=O) groups is 3. The van der Waals surface area contributed by atoms with Crippen LogP contribution in [0.5, 0.6) is 0 Å². The standard InChI is InChI=1S/C27H36N2O5/c1-17(2)22-11-9-18(3)23-14-26(34-27(32)12-10-20-15-29(5)16-28-20)25(31)8-6-7-21(13-24(22)23)33-19(4)30/h6,8-10,12,15-17,21-24,26H,7,11,13-14H2,1-5H3. The summed E-state index contributed by atoms with van der Waals surface area (Å²) in [6, 6.07) is 0. The number of esters is 2. The van der Waals surface area contributed by atoms with Crippen molar-refractivity contribution in [3.05, 3.63) is 48.1 Å². The number of hydrogen-bond acceptors (Lipinski definition) is 6. The SMILES string of the molecule is CC(=O)OC1CC=CC(=O)C(OC(=O)C=Cc2cn(C)cn2)CC2C(C)=CCC(C(C)C)C2C1. The van der Waals surface area contributed by atoms with Crippen LogP contribution in [0, 0.1) is 23.7 Å². The number of hydrogen-bond donors (Lipinski definition) is 0. The molecule has 2 aliphatic carbocycles. The molecule has 1 aromatic heterocycles. The molecule has 3 rings (SSSR count). The first kappa shape index (κ1) is 25.7. The average molecular weight is 469 g/mol. The molecule has 1 aromatic rings. The van der Waals surface area contributed by atoms with Gasteiger partial charge >= 0.3 is 11.9 Å². The van der Waals surface area contributed by atoms with Crippen molar-refractivity contribution in [2.24, 2.45) is 30.7 Å². The number of ether oxygens (including phenoxy) is 2. The van der Waals surface area contributed by atoms with Crippen molar-refractivity contribution in [2.75, 3.05) is 0 Å². The first-order valence-electron chi connectivity index (χ1n) is 12.0. The van der Waals surface area contributed by atoms with Gasteiger partial charge in [-0.1, -0.05) is 31.6 Å². The van der Waals surface area contributed by atoms with E-state index in [0.29, 0.717) is 30.4 Å². The van der Waals surface area contributed by atoms with E-state index in [1.165, 1.54) is 24.6 Å². The van der Waals surface area contributed by atoms with Crippen molar-refractivity contribution in [1.29, 1.82) is 0 Å². The highest BCUT2D eigenvalue weighted by molar-refractivity contribution is 5.96. The van der Waals surface area contributed by atoms with Crippen LogP contribution in [-0.2, 0) is 30.9 Å².